The first kappa shape index (κ1) is 11.1. The van der Waals surface area contributed by atoms with E-state index in [4.69, 9.17) is 5.73 Å². The number of carbonyl (C=O) groups excluding carboxylic acids is 1. The summed E-state index contributed by atoms with van der Waals surface area (Å²) in [4.78, 5) is 11.8. The van der Waals surface area contributed by atoms with Gasteiger partial charge in [0.05, 0.1) is 5.54 Å². The minimum Gasteiger partial charge on any atom is -0.324 e. The van der Waals surface area contributed by atoms with E-state index in [1.54, 1.807) is 19.1 Å². The molecule has 1 aromatic rings. The van der Waals surface area contributed by atoms with E-state index in [0.717, 1.165) is 19.3 Å². The van der Waals surface area contributed by atoms with Gasteiger partial charge in [0.25, 0.3) is 0 Å². The van der Waals surface area contributed by atoms with Gasteiger partial charge in [0, 0.05) is 5.69 Å². The second-order valence-electron chi connectivity index (χ2n) is 4.43. The molecule has 86 valence electrons. The van der Waals surface area contributed by atoms with Crippen LogP contribution in [-0.4, -0.2) is 11.4 Å². The lowest BCUT2D eigenvalue weighted by Gasteiger charge is -2.36. The van der Waals surface area contributed by atoms with Crippen molar-refractivity contribution in [1.29, 1.82) is 0 Å². The Morgan fingerprint density at radius 3 is 2.69 bits per heavy atom. The van der Waals surface area contributed by atoms with Crippen molar-refractivity contribution in [2.24, 2.45) is 5.73 Å². The summed E-state index contributed by atoms with van der Waals surface area (Å²) in [5, 5.41) is 2.72. The fourth-order valence-corrected chi connectivity index (χ4v) is 1.76. The number of carbonyl (C=O) groups is 1. The van der Waals surface area contributed by atoms with E-state index >= 15 is 0 Å². The van der Waals surface area contributed by atoms with Gasteiger partial charge in [-0.25, -0.2) is 4.39 Å². The van der Waals surface area contributed by atoms with E-state index < -0.39 is 5.54 Å². The van der Waals surface area contributed by atoms with Crippen LogP contribution in [0.1, 0.15) is 24.8 Å². The molecule has 1 aliphatic carbocycles. The largest absolute Gasteiger partial charge is 0.324 e. The van der Waals surface area contributed by atoms with Crippen molar-refractivity contribution >= 4 is 11.6 Å². The van der Waals surface area contributed by atoms with Gasteiger partial charge in [-0.15, -0.1) is 0 Å². The second kappa shape index (κ2) is 3.87. The lowest BCUT2D eigenvalue weighted by molar-refractivity contribution is -0.123. The van der Waals surface area contributed by atoms with Crippen LogP contribution in [0.5, 0.6) is 0 Å². The number of halogens is 1. The van der Waals surface area contributed by atoms with Crippen LogP contribution >= 0.6 is 0 Å². The molecule has 0 saturated heterocycles. The lowest BCUT2D eigenvalue weighted by atomic mass is 9.77. The first-order chi connectivity index (χ1) is 7.51. The van der Waals surface area contributed by atoms with Crippen LogP contribution in [0.25, 0.3) is 0 Å². The van der Waals surface area contributed by atoms with Crippen molar-refractivity contribution in [2.45, 2.75) is 31.7 Å². The van der Waals surface area contributed by atoms with Crippen LogP contribution in [0.15, 0.2) is 18.2 Å². The molecule has 0 radical (unpaired) electrons. The number of amides is 1. The minimum atomic E-state index is -0.720. The topological polar surface area (TPSA) is 55.1 Å². The Kier molecular flexibility index (Phi) is 2.68. The molecular formula is C12H15FN2O. The molecule has 16 heavy (non-hydrogen) atoms. The summed E-state index contributed by atoms with van der Waals surface area (Å²) in [5.41, 5.74) is 6.27. The number of hydrogen-bond donors (Lipinski definition) is 2. The van der Waals surface area contributed by atoms with Crippen LogP contribution in [0, 0.1) is 12.7 Å². The third-order valence-electron chi connectivity index (χ3n) is 3.11. The lowest BCUT2D eigenvalue weighted by Crippen LogP contribution is -2.56. The van der Waals surface area contributed by atoms with E-state index in [0.29, 0.717) is 11.3 Å². The zero-order chi connectivity index (χ0) is 11.8. The van der Waals surface area contributed by atoms with Crippen LogP contribution < -0.4 is 11.1 Å². The molecule has 0 atom stereocenters. The average molecular weight is 222 g/mol. The molecule has 3 nitrogen and oxygen atoms in total. The van der Waals surface area contributed by atoms with E-state index in [2.05, 4.69) is 5.32 Å². The maximum Gasteiger partial charge on any atom is 0.244 e. The molecule has 0 heterocycles. The quantitative estimate of drug-likeness (QED) is 0.803. The van der Waals surface area contributed by atoms with Gasteiger partial charge in [-0.3, -0.25) is 4.79 Å². The smallest absolute Gasteiger partial charge is 0.244 e. The summed E-state index contributed by atoms with van der Waals surface area (Å²) in [6.07, 6.45) is 2.43. The van der Waals surface area contributed by atoms with E-state index in [9.17, 15) is 9.18 Å². The minimum absolute atomic E-state index is 0.176. The van der Waals surface area contributed by atoms with E-state index in [-0.39, 0.29) is 11.7 Å². The molecule has 0 aromatic heterocycles. The highest BCUT2D eigenvalue weighted by Gasteiger charge is 2.40. The predicted molar refractivity (Wildman–Crippen MR) is 60.5 cm³/mol. The second-order valence-corrected chi connectivity index (χ2v) is 4.43. The molecule has 4 heteroatoms. The summed E-state index contributed by atoms with van der Waals surface area (Å²) in [7, 11) is 0. The monoisotopic (exact) mass is 222 g/mol. The third-order valence-corrected chi connectivity index (χ3v) is 3.11. The van der Waals surface area contributed by atoms with Gasteiger partial charge in [0.1, 0.15) is 5.82 Å². The molecule has 0 spiro atoms. The molecule has 1 fully saturated rings. The van der Waals surface area contributed by atoms with Crippen LogP contribution in [0.3, 0.4) is 0 Å². The van der Waals surface area contributed by atoms with Crippen molar-refractivity contribution in [3.63, 3.8) is 0 Å². The maximum atomic E-state index is 13.0. The summed E-state index contributed by atoms with van der Waals surface area (Å²) >= 11 is 0. The first-order valence-corrected chi connectivity index (χ1v) is 5.38. The van der Waals surface area contributed by atoms with E-state index in [1.807, 2.05) is 0 Å². The van der Waals surface area contributed by atoms with Crippen molar-refractivity contribution in [3.05, 3.63) is 29.6 Å². The van der Waals surface area contributed by atoms with Crippen LogP contribution in [0.4, 0.5) is 10.1 Å². The predicted octanol–water partition coefficient (Wildman–Crippen LogP) is 1.95. The van der Waals surface area contributed by atoms with Gasteiger partial charge in [0.15, 0.2) is 0 Å². The summed E-state index contributed by atoms with van der Waals surface area (Å²) in [6, 6.07) is 4.49. The zero-order valence-corrected chi connectivity index (χ0v) is 9.22. The highest BCUT2D eigenvalue weighted by atomic mass is 19.1. The molecule has 1 aromatic carbocycles. The summed E-state index contributed by atoms with van der Waals surface area (Å²) in [6.45, 7) is 1.66. The SMILES string of the molecule is Cc1cc(NC(=O)C2(N)CCC2)ccc1F. The first-order valence-electron chi connectivity index (χ1n) is 5.38. The molecule has 1 amide bonds. The number of anilines is 1. The van der Waals surface area contributed by atoms with Gasteiger partial charge < -0.3 is 11.1 Å². The van der Waals surface area contributed by atoms with Crippen molar-refractivity contribution < 1.29 is 9.18 Å². The fourth-order valence-electron chi connectivity index (χ4n) is 1.76. The Bertz CT molecular complexity index is 427. The Balaban J connectivity index is 2.09. The number of hydrogen-bond acceptors (Lipinski definition) is 2. The van der Waals surface area contributed by atoms with Gasteiger partial charge in [-0.2, -0.15) is 0 Å². The zero-order valence-electron chi connectivity index (χ0n) is 9.22. The number of benzene rings is 1. The Morgan fingerprint density at radius 2 is 2.19 bits per heavy atom. The van der Waals surface area contributed by atoms with Gasteiger partial charge in [0.2, 0.25) is 5.91 Å². The normalized spacial score (nSPS) is 17.7. The molecule has 2 rings (SSSR count). The maximum absolute atomic E-state index is 13.0. The fraction of sp³-hybridized carbons (Fsp3) is 0.417. The molecule has 3 N–H and O–H groups in total. The average Bonchev–Trinajstić information content (AvgIpc) is 2.20. The Morgan fingerprint density at radius 1 is 1.50 bits per heavy atom. The summed E-state index contributed by atoms with van der Waals surface area (Å²) < 4.78 is 13.0. The van der Waals surface area contributed by atoms with Crippen molar-refractivity contribution in [3.8, 4) is 0 Å². The van der Waals surface area contributed by atoms with Gasteiger partial charge in [-0.05, 0) is 49.9 Å². The number of nitrogens with one attached hydrogen (secondary N) is 1. The highest BCUT2D eigenvalue weighted by molar-refractivity contribution is 5.98. The van der Waals surface area contributed by atoms with Crippen LogP contribution in [0.2, 0.25) is 0 Å². The van der Waals surface area contributed by atoms with Crippen molar-refractivity contribution in [1.82, 2.24) is 0 Å². The van der Waals surface area contributed by atoms with Gasteiger partial charge in [-0.1, -0.05) is 0 Å². The molecule has 1 saturated carbocycles. The Hall–Kier alpha value is -1.42. The third kappa shape index (κ3) is 1.93. The molecule has 1 aliphatic rings. The highest BCUT2D eigenvalue weighted by Crippen LogP contribution is 2.30. The van der Waals surface area contributed by atoms with Crippen molar-refractivity contribution in [2.75, 3.05) is 5.32 Å². The Labute approximate surface area is 93.8 Å². The molecular weight excluding hydrogens is 207 g/mol. The van der Waals surface area contributed by atoms with Gasteiger partial charge >= 0.3 is 0 Å². The van der Waals surface area contributed by atoms with Crippen LogP contribution in [-0.2, 0) is 4.79 Å². The summed E-state index contributed by atoms with van der Waals surface area (Å²) in [5.74, 6) is -0.450. The molecule has 0 bridgehead atoms. The molecule has 0 aliphatic heterocycles. The van der Waals surface area contributed by atoms with E-state index in [1.165, 1.54) is 6.07 Å². The number of rotatable bonds is 2. The standard InChI is InChI=1S/C12H15FN2O/c1-8-7-9(3-4-10(8)13)15-11(16)12(14)5-2-6-12/h3-4,7H,2,5-6,14H2,1H3,(H,15,16). The number of aryl methyl sites for hydroxylation is 1. The molecule has 0 unspecified atom stereocenters. The number of nitrogens with two attached hydrogens (primary N) is 1.